The average Bonchev–Trinajstić information content (AvgIpc) is 3.40. The minimum atomic E-state index is -4.80. The molecule has 5 rings (SSSR count). The van der Waals surface area contributed by atoms with E-state index in [2.05, 4.69) is 25.3 Å². The van der Waals surface area contributed by atoms with Crippen molar-refractivity contribution in [2.45, 2.75) is 30.7 Å². The molecule has 0 bridgehead atoms. The molecule has 2 aromatic heterocycles. The topological polar surface area (TPSA) is 151 Å². The van der Waals surface area contributed by atoms with Crippen LogP contribution in [0.15, 0.2) is 36.4 Å². The van der Waals surface area contributed by atoms with Gasteiger partial charge in [-0.3, -0.25) is 4.79 Å². The van der Waals surface area contributed by atoms with E-state index in [9.17, 15) is 33.3 Å². The number of anilines is 2. The third-order valence-corrected chi connectivity index (χ3v) is 7.02. The highest BCUT2D eigenvalue weighted by atomic mass is 32.1. The Balaban J connectivity index is 1.32. The van der Waals surface area contributed by atoms with Gasteiger partial charge >= 0.3 is 6.36 Å². The lowest BCUT2D eigenvalue weighted by Gasteiger charge is -2.37. The SMILES string of the molecule is Cn1c(Nc2nc3ccc(OC(F)(F)F)cc3s2)nc2cc(C(=O)NC3COC(CO)C(O)C3O)ccc21. The van der Waals surface area contributed by atoms with Gasteiger partial charge in [0.2, 0.25) is 5.95 Å². The molecule has 11 nitrogen and oxygen atoms in total. The van der Waals surface area contributed by atoms with E-state index in [0.29, 0.717) is 32.3 Å². The van der Waals surface area contributed by atoms with Crippen LogP contribution in [0.2, 0.25) is 0 Å². The maximum atomic E-state index is 12.8. The molecule has 3 heterocycles. The molecule has 1 fully saturated rings. The van der Waals surface area contributed by atoms with Gasteiger partial charge in [-0.1, -0.05) is 11.3 Å². The fraction of sp³-hybridized carbons (Fsp3) is 0.348. The van der Waals surface area contributed by atoms with Gasteiger partial charge in [-0.05, 0) is 30.3 Å². The molecule has 4 atom stereocenters. The zero-order valence-electron chi connectivity index (χ0n) is 19.6. The number of nitrogens with zero attached hydrogens (tertiary/aromatic N) is 3. The summed E-state index contributed by atoms with van der Waals surface area (Å²) >= 11 is 1.12. The van der Waals surface area contributed by atoms with Crippen molar-refractivity contribution in [3.8, 4) is 5.75 Å². The summed E-state index contributed by atoms with van der Waals surface area (Å²) in [6.07, 6.45) is -8.39. The Hall–Kier alpha value is -3.50. The number of aryl methyl sites for hydroxylation is 1. The molecule has 38 heavy (non-hydrogen) atoms. The van der Waals surface area contributed by atoms with Gasteiger partial charge in [0.15, 0.2) is 5.13 Å². The summed E-state index contributed by atoms with van der Waals surface area (Å²) in [5.41, 5.74) is 1.90. The van der Waals surface area contributed by atoms with E-state index < -0.39 is 43.2 Å². The summed E-state index contributed by atoms with van der Waals surface area (Å²) < 4.78 is 49.0. The molecule has 4 unspecified atom stereocenters. The first-order chi connectivity index (χ1) is 18.0. The number of carbonyl (C=O) groups excluding carboxylic acids is 1. The number of aliphatic hydroxyl groups excluding tert-OH is 3. The molecule has 0 radical (unpaired) electrons. The minimum absolute atomic E-state index is 0.0823. The van der Waals surface area contributed by atoms with E-state index in [4.69, 9.17) is 4.74 Å². The Labute approximate surface area is 216 Å². The lowest BCUT2D eigenvalue weighted by Crippen LogP contribution is -2.59. The molecule has 0 aliphatic carbocycles. The van der Waals surface area contributed by atoms with Crippen molar-refractivity contribution in [1.82, 2.24) is 19.9 Å². The number of imidazole rings is 1. The summed E-state index contributed by atoms with van der Waals surface area (Å²) in [5, 5.41) is 35.5. The van der Waals surface area contributed by atoms with Crippen LogP contribution in [-0.4, -0.2) is 79.7 Å². The molecule has 0 spiro atoms. The van der Waals surface area contributed by atoms with Gasteiger partial charge in [0.05, 0.1) is 40.5 Å². The molecule has 1 amide bonds. The van der Waals surface area contributed by atoms with Crippen LogP contribution in [0.1, 0.15) is 10.4 Å². The predicted octanol–water partition coefficient (Wildman–Crippen LogP) is 2.04. The molecule has 202 valence electrons. The third-order valence-electron chi connectivity index (χ3n) is 6.08. The number of rotatable bonds is 6. The van der Waals surface area contributed by atoms with Crippen molar-refractivity contribution < 1.29 is 42.8 Å². The summed E-state index contributed by atoms with van der Waals surface area (Å²) in [5.74, 6) is -0.473. The minimum Gasteiger partial charge on any atom is -0.406 e. The van der Waals surface area contributed by atoms with Gasteiger partial charge in [0.1, 0.15) is 24.1 Å². The van der Waals surface area contributed by atoms with Gasteiger partial charge in [-0.15, -0.1) is 13.2 Å². The van der Waals surface area contributed by atoms with Gasteiger partial charge < -0.3 is 40.0 Å². The van der Waals surface area contributed by atoms with E-state index in [1.54, 1.807) is 29.8 Å². The largest absolute Gasteiger partial charge is 0.573 e. The molecule has 1 saturated heterocycles. The Morgan fingerprint density at radius 3 is 2.71 bits per heavy atom. The second-order valence-corrected chi connectivity index (χ2v) is 9.67. The standard InChI is InChI=1S/C23H22F3N5O6S/c1-31-15-5-2-10(20(35)27-14-9-36-16(8-32)19(34)18(14)33)6-13(15)28-21(31)30-22-29-12-4-3-11(7-17(12)38-22)37-23(24,25)26/h2-7,14,16,18-19,32-34H,8-9H2,1H3,(H,27,35)(H,28,29,30). The van der Waals surface area contributed by atoms with E-state index in [-0.39, 0.29) is 17.9 Å². The lowest BCUT2D eigenvalue weighted by molar-refractivity contribution is -0.274. The van der Waals surface area contributed by atoms with Crippen LogP contribution in [0.5, 0.6) is 5.75 Å². The number of hydrogen-bond acceptors (Lipinski definition) is 10. The highest BCUT2D eigenvalue weighted by Crippen LogP contribution is 2.33. The monoisotopic (exact) mass is 553 g/mol. The maximum absolute atomic E-state index is 12.8. The zero-order valence-corrected chi connectivity index (χ0v) is 20.5. The van der Waals surface area contributed by atoms with Crippen LogP contribution in [0.4, 0.5) is 24.3 Å². The lowest BCUT2D eigenvalue weighted by atomic mass is 9.98. The fourth-order valence-corrected chi connectivity index (χ4v) is 5.01. The van der Waals surface area contributed by atoms with Crippen molar-refractivity contribution in [3.05, 3.63) is 42.0 Å². The number of aliphatic hydroxyl groups is 3. The second-order valence-electron chi connectivity index (χ2n) is 8.63. The number of thiazole rings is 1. The van der Waals surface area contributed by atoms with E-state index in [1.165, 1.54) is 18.2 Å². The molecule has 15 heteroatoms. The Kier molecular flexibility index (Phi) is 6.87. The Morgan fingerprint density at radius 1 is 1.18 bits per heavy atom. The van der Waals surface area contributed by atoms with Crippen molar-refractivity contribution in [2.24, 2.45) is 7.05 Å². The number of nitrogens with one attached hydrogen (secondary N) is 2. The molecule has 4 aromatic rings. The quantitative estimate of drug-likeness (QED) is 0.242. The molecular weight excluding hydrogens is 531 g/mol. The van der Waals surface area contributed by atoms with Crippen LogP contribution in [-0.2, 0) is 11.8 Å². The van der Waals surface area contributed by atoms with Crippen LogP contribution in [0.25, 0.3) is 21.3 Å². The van der Waals surface area contributed by atoms with Crippen molar-refractivity contribution in [3.63, 3.8) is 0 Å². The van der Waals surface area contributed by atoms with Crippen LogP contribution >= 0.6 is 11.3 Å². The van der Waals surface area contributed by atoms with E-state index in [0.717, 1.165) is 11.3 Å². The fourth-order valence-electron chi connectivity index (χ4n) is 4.13. The molecule has 2 aromatic carbocycles. The van der Waals surface area contributed by atoms with Crippen LogP contribution in [0, 0.1) is 0 Å². The number of halogens is 3. The van der Waals surface area contributed by atoms with Gasteiger partial charge in [-0.25, -0.2) is 9.97 Å². The van der Waals surface area contributed by atoms with Crippen molar-refractivity contribution >= 4 is 49.6 Å². The summed E-state index contributed by atoms with van der Waals surface area (Å²) in [6.45, 7) is -0.544. The maximum Gasteiger partial charge on any atom is 0.573 e. The number of carbonyl (C=O) groups is 1. The number of alkyl halides is 3. The van der Waals surface area contributed by atoms with Crippen molar-refractivity contribution in [1.29, 1.82) is 0 Å². The first-order valence-corrected chi connectivity index (χ1v) is 12.1. The highest BCUT2D eigenvalue weighted by molar-refractivity contribution is 7.22. The second kappa shape index (κ2) is 9.99. The number of benzene rings is 2. The van der Waals surface area contributed by atoms with Crippen LogP contribution < -0.4 is 15.4 Å². The van der Waals surface area contributed by atoms with E-state index in [1.807, 2.05) is 0 Å². The van der Waals surface area contributed by atoms with E-state index >= 15 is 0 Å². The Morgan fingerprint density at radius 2 is 1.97 bits per heavy atom. The molecule has 1 aliphatic heterocycles. The zero-order chi connectivity index (χ0) is 27.2. The summed E-state index contributed by atoms with van der Waals surface area (Å²) in [7, 11) is 1.74. The summed E-state index contributed by atoms with van der Waals surface area (Å²) in [6, 6.07) is 7.80. The average molecular weight is 554 g/mol. The van der Waals surface area contributed by atoms with Gasteiger partial charge in [-0.2, -0.15) is 0 Å². The van der Waals surface area contributed by atoms with Crippen LogP contribution in [0.3, 0.4) is 0 Å². The summed E-state index contributed by atoms with van der Waals surface area (Å²) in [4.78, 5) is 21.7. The normalized spacial score (nSPS) is 22.1. The number of hydrogen-bond donors (Lipinski definition) is 5. The van der Waals surface area contributed by atoms with Gasteiger partial charge in [0, 0.05) is 18.7 Å². The van der Waals surface area contributed by atoms with Gasteiger partial charge in [0.25, 0.3) is 5.91 Å². The molecule has 5 N–H and O–H groups in total. The third kappa shape index (κ3) is 5.23. The molecule has 0 saturated carbocycles. The van der Waals surface area contributed by atoms with Crippen molar-refractivity contribution in [2.75, 3.05) is 18.5 Å². The first-order valence-electron chi connectivity index (χ1n) is 11.3. The number of ether oxygens (including phenoxy) is 2. The number of aromatic nitrogens is 3. The smallest absolute Gasteiger partial charge is 0.406 e. The predicted molar refractivity (Wildman–Crippen MR) is 130 cm³/mol. The number of amides is 1. The first kappa shape index (κ1) is 26.1. The molecule has 1 aliphatic rings. The molecular formula is C23H22F3N5O6S. The Bertz CT molecular complexity index is 1490. The highest BCUT2D eigenvalue weighted by Gasteiger charge is 2.39. The number of fused-ring (bicyclic) bond motifs is 2.